The first-order valence-corrected chi connectivity index (χ1v) is 8.06. The summed E-state index contributed by atoms with van der Waals surface area (Å²) in [5.41, 5.74) is 3.04. The SMILES string of the molecule is Cc1cc(C)cc(NC(=O)[C@@H](C)Oc2ccc3ccccc3c2)c1. The Bertz CT molecular complexity index is 866. The molecule has 0 aliphatic carbocycles. The number of anilines is 1. The summed E-state index contributed by atoms with van der Waals surface area (Å²) in [4.78, 5) is 12.4. The molecule has 122 valence electrons. The summed E-state index contributed by atoms with van der Waals surface area (Å²) in [7, 11) is 0. The molecule has 3 rings (SSSR count). The quantitative estimate of drug-likeness (QED) is 0.745. The summed E-state index contributed by atoms with van der Waals surface area (Å²) in [6, 6.07) is 19.9. The summed E-state index contributed by atoms with van der Waals surface area (Å²) in [6.45, 7) is 5.78. The fourth-order valence-corrected chi connectivity index (χ4v) is 2.79. The second kappa shape index (κ2) is 6.75. The molecule has 3 aromatic carbocycles. The predicted octanol–water partition coefficient (Wildman–Crippen LogP) is 4.86. The number of nitrogens with one attached hydrogen (secondary N) is 1. The first kappa shape index (κ1) is 16.1. The highest BCUT2D eigenvalue weighted by atomic mass is 16.5. The number of hydrogen-bond donors (Lipinski definition) is 1. The molecule has 0 aliphatic heterocycles. The van der Waals surface area contributed by atoms with Gasteiger partial charge in [0.05, 0.1) is 0 Å². The summed E-state index contributed by atoms with van der Waals surface area (Å²) < 4.78 is 5.80. The van der Waals surface area contributed by atoms with Crippen molar-refractivity contribution >= 4 is 22.4 Å². The maximum Gasteiger partial charge on any atom is 0.265 e. The van der Waals surface area contributed by atoms with Gasteiger partial charge in [-0.05, 0) is 66.9 Å². The molecule has 1 N–H and O–H groups in total. The van der Waals surface area contributed by atoms with Gasteiger partial charge in [-0.15, -0.1) is 0 Å². The highest BCUT2D eigenvalue weighted by Gasteiger charge is 2.15. The summed E-state index contributed by atoms with van der Waals surface area (Å²) in [5, 5.41) is 5.16. The average Bonchev–Trinajstić information content (AvgIpc) is 2.53. The largest absolute Gasteiger partial charge is 0.481 e. The molecule has 0 heterocycles. The fourth-order valence-electron chi connectivity index (χ4n) is 2.79. The van der Waals surface area contributed by atoms with Gasteiger partial charge in [-0.1, -0.05) is 36.4 Å². The Balaban J connectivity index is 1.70. The lowest BCUT2D eigenvalue weighted by molar-refractivity contribution is -0.122. The number of aryl methyl sites for hydroxylation is 2. The molecule has 3 aromatic rings. The molecule has 0 fully saturated rings. The van der Waals surface area contributed by atoms with Crippen LogP contribution < -0.4 is 10.1 Å². The van der Waals surface area contributed by atoms with Crippen molar-refractivity contribution in [2.24, 2.45) is 0 Å². The lowest BCUT2D eigenvalue weighted by Gasteiger charge is -2.16. The zero-order valence-corrected chi connectivity index (χ0v) is 14.2. The van der Waals surface area contributed by atoms with Gasteiger partial charge in [0, 0.05) is 5.69 Å². The summed E-state index contributed by atoms with van der Waals surface area (Å²) in [5.74, 6) is 0.532. The Morgan fingerprint density at radius 1 is 0.917 bits per heavy atom. The van der Waals surface area contributed by atoms with E-state index in [4.69, 9.17) is 4.74 Å². The van der Waals surface area contributed by atoms with Crippen LogP contribution in [0.5, 0.6) is 5.75 Å². The van der Waals surface area contributed by atoms with Gasteiger partial charge < -0.3 is 10.1 Å². The van der Waals surface area contributed by atoms with Crippen molar-refractivity contribution in [1.82, 2.24) is 0 Å². The van der Waals surface area contributed by atoms with Gasteiger partial charge >= 0.3 is 0 Å². The number of benzene rings is 3. The van der Waals surface area contributed by atoms with E-state index in [0.29, 0.717) is 5.75 Å². The zero-order valence-electron chi connectivity index (χ0n) is 14.2. The number of carbonyl (C=O) groups is 1. The van der Waals surface area contributed by atoms with Crippen molar-refractivity contribution in [2.45, 2.75) is 26.9 Å². The van der Waals surface area contributed by atoms with Crippen LogP contribution in [0.15, 0.2) is 60.7 Å². The number of carbonyl (C=O) groups excluding carboxylic acids is 1. The van der Waals surface area contributed by atoms with Crippen LogP contribution >= 0.6 is 0 Å². The van der Waals surface area contributed by atoms with Crippen LogP contribution in [0.3, 0.4) is 0 Å². The van der Waals surface area contributed by atoms with Gasteiger partial charge in [0.1, 0.15) is 5.75 Å². The van der Waals surface area contributed by atoms with Crippen LogP contribution in [0.2, 0.25) is 0 Å². The Morgan fingerprint density at radius 3 is 2.29 bits per heavy atom. The van der Waals surface area contributed by atoms with Gasteiger partial charge in [0.15, 0.2) is 6.10 Å². The fraction of sp³-hybridized carbons (Fsp3) is 0.190. The smallest absolute Gasteiger partial charge is 0.265 e. The van der Waals surface area contributed by atoms with Gasteiger partial charge in [-0.3, -0.25) is 4.79 Å². The molecule has 0 unspecified atom stereocenters. The van der Waals surface area contributed by atoms with E-state index in [9.17, 15) is 4.79 Å². The van der Waals surface area contributed by atoms with Gasteiger partial charge in [0.2, 0.25) is 0 Å². The van der Waals surface area contributed by atoms with Crippen LogP contribution in [0.4, 0.5) is 5.69 Å². The van der Waals surface area contributed by atoms with Crippen LogP contribution in [0.1, 0.15) is 18.1 Å². The highest BCUT2D eigenvalue weighted by molar-refractivity contribution is 5.94. The topological polar surface area (TPSA) is 38.3 Å². The second-order valence-corrected chi connectivity index (χ2v) is 6.13. The Hall–Kier alpha value is -2.81. The molecular formula is C21H21NO2. The minimum atomic E-state index is -0.577. The van der Waals surface area contributed by atoms with E-state index >= 15 is 0 Å². The number of fused-ring (bicyclic) bond motifs is 1. The second-order valence-electron chi connectivity index (χ2n) is 6.13. The molecule has 3 heteroatoms. The highest BCUT2D eigenvalue weighted by Crippen LogP contribution is 2.22. The first-order valence-electron chi connectivity index (χ1n) is 8.06. The molecule has 0 spiro atoms. The van der Waals surface area contributed by atoms with Gasteiger partial charge in [-0.25, -0.2) is 0 Å². The Morgan fingerprint density at radius 2 is 1.58 bits per heavy atom. The number of amides is 1. The van der Waals surface area contributed by atoms with Crippen molar-refractivity contribution in [1.29, 1.82) is 0 Å². The number of hydrogen-bond acceptors (Lipinski definition) is 2. The monoisotopic (exact) mass is 319 g/mol. The molecule has 1 amide bonds. The first-order chi connectivity index (χ1) is 11.5. The third-order valence-corrected chi connectivity index (χ3v) is 3.89. The maximum atomic E-state index is 12.4. The van der Waals surface area contributed by atoms with Crippen molar-refractivity contribution in [3.63, 3.8) is 0 Å². The van der Waals surface area contributed by atoms with E-state index in [2.05, 4.69) is 17.4 Å². The lowest BCUT2D eigenvalue weighted by Crippen LogP contribution is -2.30. The molecule has 0 radical (unpaired) electrons. The lowest BCUT2D eigenvalue weighted by atomic mass is 10.1. The van der Waals surface area contributed by atoms with E-state index < -0.39 is 6.10 Å². The molecular weight excluding hydrogens is 298 g/mol. The van der Waals surface area contributed by atoms with E-state index in [0.717, 1.165) is 27.6 Å². The van der Waals surface area contributed by atoms with Crippen LogP contribution in [0, 0.1) is 13.8 Å². The molecule has 0 aromatic heterocycles. The molecule has 0 saturated carbocycles. The summed E-state index contributed by atoms with van der Waals surface area (Å²) >= 11 is 0. The van der Waals surface area contributed by atoms with E-state index in [1.165, 1.54) is 0 Å². The molecule has 0 saturated heterocycles. The Labute approximate surface area is 142 Å². The van der Waals surface area contributed by atoms with Crippen molar-refractivity contribution in [3.8, 4) is 5.75 Å². The van der Waals surface area contributed by atoms with E-state index in [1.54, 1.807) is 6.92 Å². The van der Waals surface area contributed by atoms with Crippen molar-refractivity contribution in [2.75, 3.05) is 5.32 Å². The average molecular weight is 319 g/mol. The number of rotatable bonds is 4. The van der Waals surface area contributed by atoms with Crippen molar-refractivity contribution in [3.05, 3.63) is 71.8 Å². The van der Waals surface area contributed by atoms with E-state index in [-0.39, 0.29) is 5.91 Å². The minimum absolute atomic E-state index is 0.159. The zero-order chi connectivity index (χ0) is 17.1. The molecule has 0 aliphatic rings. The Kier molecular flexibility index (Phi) is 4.52. The standard InChI is InChI=1S/C21H21NO2/c1-14-10-15(2)12-19(11-14)22-21(23)16(3)24-20-9-8-17-6-4-5-7-18(17)13-20/h4-13,16H,1-3H3,(H,22,23)/t16-/m1/s1. The molecule has 0 bridgehead atoms. The molecule has 24 heavy (non-hydrogen) atoms. The third kappa shape index (κ3) is 3.74. The van der Waals surface area contributed by atoms with Crippen LogP contribution in [-0.4, -0.2) is 12.0 Å². The minimum Gasteiger partial charge on any atom is -0.481 e. The van der Waals surface area contributed by atoms with E-state index in [1.807, 2.05) is 62.4 Å². The van der Waals surface area contributed by atoms with Gasteiger partial charge in [0.25, 0.3) is 5.91 Å². The number of ether oxygens (including phenoxy) is 1. The van der Waals surface area contributed by atoms with Crippen molar-refractivity contribution < 1.29 is 9.53 Å². The summed E-state index contributed by atoms with van der Waals surface area (Å²) in [6.07, 6.45) is -0.577. The van der Waals surface area contributed by atoms with Crippen LogP contribution in [0.25, 0.3) is 10.8 Å². The molecule has 3 nitrogen and oxygen atoms in total. The third-order valence-electron chi connectivity index (χ3n) is 3.89. The predicted molar refractivity (Wildman–Crippen MR) is 98.6 cm³/mol. The van der Waals surface area contributed by atoms with Crippen LogP contribution in [-0.2, 0) is 4.79 Å². The molecule has 1 atom stereocenters. The van der Waals surface area contributed by atoms with Gasteiger partial charge in [-0.2, -0.15) is 0 Å². The maximum absolute atomic E-state index is 12.4. The normalized spacial score (nSPS) is 12.0.